The first kappa shape index (κ1) is 13.3. The molecule has 0 amide bonds. The zero-order valence-corrected chi connectivity index (χ0v) is 11.3. The van der Waals surface area contributed by atoms with Gasteiger partial charge in [0, 0.05) is 5.92 Å². The average Bonchev–Trinajstić information content (AvgIpc) is 2.88. The Labute approximate surface area is 108 Å². The van der Waals surface area contributed by atoms with Crippen LogP contribution >= 0.6 is 0 Å². The fourth-order valence-corrected chi connectivity index (χ4v) is 2.53. The van der Waals surface area contributed by atoms with Crippen LogP contribution in [0.15, 0.2) is 4.99 Å². The number of rotatable bonds is 3. The van der Waals surface area contributed by atoms with E-state index in [2.05, 4.69) is 24.3 Å². The summed E-state index contributed by atoms with van der Waals surface area (Å²) < 4.78 is 4.79. The molecule has 1 heterocycles. The molecule has 2 rings (SSSR count). The maximum atomic E-state index is 11.4. The zero-order chi connectivity index (χ0) is 13.1. The lowest BCUT2D eigenvalue weighted by atomic mass is 9.82. The smallest absolute Gasteiger partial charge is 0.308 e. The minimum Gasteiger partial charge on any atom is -0.469 e. The fraction of sp³-hybridized carbons (Fsp3) is 0.846. The van der Waals surface area contributed by atoms with Crippen LogP contribution in [-0.4, -0.2) is 25.1 Å². The molecule has 2 aliphatic rings. The normalized spacial score (nSPS) is 32.0. The highest BCUT2D eigenvalue weighted by Gasteiger charge is 2.33. The van der Waals surface area contributed by atoms with Gasteiger partial charge in [-0.25, -0.2) is 4.99 Å². The van der Waals surface area contributed by atoms with E-state index in [4.69, 9.17) is 9.57 Å². The van der Waals surface area contributed by atoms with Crippen molar-refractivity contribution in [1.82, 2.24) is 5.48 Å². The van der Waals surface area contributed by atoms with Crippen LogP contribution in [0.5, 0.6) is 0 Å². The zero-order valence-electron chi connectivity index (χ0n) is 11.3. The summed E-state index contributed by atoms with van der Waals surface area (Å²) in [6.07, 6.45) is 3.70. The van der Waals surface area contributed by atoms with E-state index in [9.17, 15) is 4.79 Å². The number of hydrogen-bond donors (Lipinski definition) is 1. The van der Waals surface area contributed by atoms with Crippen LogP contribution < -0.4 is 5.48 Å². The number of carbonyl (C=O) groups is 1. The third-order valence-corrected chi connectivity index (χ3v) is 3.79. The molecule has 0 bridgehead atoms. The first-order chi connectivity index (χ1) is 8.61. The van der Waals surface area contributed by atoms with Crippen molar-refractivity contribution in [2.75, 3.05) is 7.11 Å². The number of carbonyl (C=O) groups excluding carboxylic acids is 1. The molecule has 18 heavy (non-hydrogen) atoms. The van der Waals surface area contributed by atoms with E-state index in [0.29, 0.717) is 11.8 Å². The van der Waals surface area contributed by atoms with Crippen molar-refractivity contribution in [2.24, 2.45) is 22.7 Å². The van der Waals surface area contributed by atoms with Gasteiger partial charge in [0.15, 0.2) is 0 Å². The number of nitrogens with one attached hydrogen (secondary N) is 1. The molecule has 1 aliphatic heterocycles. The minimum atomic E-state index is -0.0825. The highest BCUT2D eigenvalue weighted by molar-refractivity contribution is 5.80. The predicted molar refractivity (Wildman–Crippen MR) is 67.7 cm³/mol. The summed E-state index contributed by atoms with van der Waals surface area (Å²) >= 11 is 0. The van der Waals surface area contributed by atoms with Gasteiger partial charge in [-0.1, -0.05) is 13.8 Å². The van der Waals surface area contributed by atoms with E-state index in [0.717, 1.165) is 31.6 Å². The second kappa shape index (κ2) is 5.69. The van der Waals surface area contributed by atoms with Crippen molar-refractivity contribution in [3.8, 4) is 0 Å². The predicted octanol–water partition coefficient (Wildman–Crippen LogP) is 1.88. The van der Waals surface area contributed by atoms with Gasteiger partial charge in [-0.05, 0) is 31.6 Å². The molecular weight excluding hydrogens is 232 g/mol. The van der Waals surface area contributed by atoms with Crippen LogP contribution in [0.4, 0.5) is 0 Å². The van der Waals surface area contributed by atoms with Gasteiger partial charge in [-0.3, -0.25) is 4.79 Å². The molecule has 5 heteroatoms. The van der Waals surface area contributed by atoms with Gasteiger partial charge in [0.25, 0.3) is 0 Å². The lowest BCUT2D eigenvalue weighted by Gasteiger charge is -2.25. The Morgan fingerprint density at radius 3 is 2.56 bits per heavy atom. The average molecular weight is 254 g/mol. The highest BCUT2D eigenvalue weighted by Crippen LogP contribution is 2.31. The van der Waals surface area contributed by atoms with Gasteiger partial charge in [0.1, 0.15) is 6.17 Å². The second-order valence-corrected chi connectivity index (χ2v) is 5.45. The first-order valence-electron chi connectivity index (χ1n) is 6.69. The third kappa shape index (κ3) is 2.83. The maximum Gasteiger partial charge on any atom is 0.308 e. The van der Waals surface area contributed by atoms with Gasteiger partial charge in [-0.2, -0.15) is 0 Å². The first-order valence-corrected chi connectivity index (χ1v) is 6.69. The standard InChI is InChI=1S/C13H22N2O3/c1-8(2)11-14-12(18-15-11)9-4-6-10(7-5-9)13(16)17-3/h8-11,15H,4-7H2,1-3H3. The lowest BCUT2D eigenvalue weighted by molar-refractivity contribution is -0.146. The molecule has 1 fully saturated rings. The van der Waals surface area contributed by atoms with Crippen LogP contribution in [0.25, 0.3) is 0 Å². The molecule has 0 aromatic carbocycles. The Kier molecular flexibility index (Phi) is 4.22. The van der Waals surface area contributed by atoms with E-state index in [1.807, 2.05) is 0 Å². The molecule has 0 aromatic heterocycles. The summed E-state index contributed by atoms with van der Waals surface area (Å²) in [6, 6.07) is 0. The van der Waals surface area contributed by atoms with Gasteiger partial charge < -0.3 is 9.57 Å². The van der Waals surface area contributed by atoms with E-state index >= 15 is 0 Å². The highest BCUT2D eigenvalue weighted by atomic mass is 16.7. The van der Waals surface area contributed by atoms with Crippen molar-refractivity contribution in [1.29, 1.82) is 0 Å². The maximum absolute atomic E-state index is 11.4. The Balaban J connectivity index is 1.87. The molecule has 1 aliphatic carbocycles. The summed E-state index contributed by atoms with van der Waals surface area (Å²) in [5.41, 5.74) is 2.95. The van der Waals surface area contributed by atoms with E-state index in [-0.39, 0.29) is 18.1 Å². The number of hydroxylamine groups is 1. The van der Waals surface area contributed by atoms with Gasteiger partial charge in [0.05, 0.1) is 13.0 Å². The molecule has 1 unspecified atom stereocenters. The van der Waals surface area contributed by atoms with E-state index in [1.54, 1.807) is 0 Å². The molecule has 1 N–H and O–H groups in total. The van der Waals surface area contributed by atoms with Crippen molar-refractivity contribution in [3.63, 3.8) is 0 Å². The Hall–Kier alpha value is -1.10. The summed E-state index contributed by atoms with van der Waals surface area (Å²) in [7, 11) is 1.45. The molecular formula is C13H22N2O3. The molecule has 0 saturated heterocycles. The third-order valence-electron chi connectivity index (χ3n) is 3.79. The number of esters is 1. The van der Waals surface area contributed by atoms with Crippen LogP contribution in [0, 0.1) is 17.8 Å². The van der Waals surface area contributed by atoms with E-state index in [1.165, 1.54) is 7.11 Å². The van der Waals surface area contributed by atoms with Gasteiger partial charge in [0.2, 0.25) is 5.90 Å². The SMILES string of the molecule is COC(=O)C1CCC(C2=NC(C(C)C)NO2)CC1. The second-order valence-electron chi connectivity index (χ2n) is 5.45. The molecule has 0 radical (unpaired) electrons. The Morgan fingerprint density at radius 2 is 2.06 bits per heavy atom. The number of nitrogens with zero attached hydrogens (tertiary/aromatic N) is 1. The Morgan fingerprint density at radius 1 is 1.39 bits per heavy atom. The number of methoxy groups -OCH3 is 1. The largest absolute Gasteiger partial charge is 0.469 e. The molecule has 5 nitrogen and oxygen atoms in total. The number of ether oxygens (including phenoxy) is 1. The van der Waals surface area contributed by atoms with Crippen molar-refractivity contribution >= 4 is 11.9 Å². The minimum absolute atomic E-state index is 0.0575. The number of hydrogen-bond acceptors (Lipinski definition) is 5. The van der Waals surface area contributed by atoms with Crippen molar-refractivity contribution < 1.29 is 14.4 Å². The van der Waals surface area contributed by atoms with Gasteiger partial charge in [-0.15, -0.1) is 5.48 Å². The summed E-state index contributed by atoms with van der Waals surface area (Å²) in [6.45, 7) is 4.23. The van der Waals surface area contributed by atoms with Crippen LogP contribution in [0.1, 0.15) is 39.5 Å². The molecule has 102 valence electrons. The van der Waals surface area contributed by atoms with E-state index < -0.39 is 0 Å². The number of aliphatic imine (C=N–C) groups is 1. The quantitative estimate of drug-likeness (QED) is 0.781. The Bertz CT molecular complexity index is 333. The fourth-order valence-electron chi connectivity index (χ4n) is 2.53. The molecule has 0 aromatic rings. The summed E-state index contributed by atoms with van der Waals surface area (Å²) in [4.78, 5) is 21.5. The van der Waals surface area contributed by atoms with Crippen LogP contribution in [0.3, 0.4) is 0 Å². The van der Waals surface area contributed by atoms with Gasteiger partial charge >= 0.3 is 5.97 Å². The summed E-state index contributed by atoms with van der Waals surface area (Å²) in [5, 5.41) is 0. The molecule has 1 saturated carbocycles. The van der Waals surface area contributed by atoms with Crippen molar-refractivity contribution in [2.45, 2.75) is 45.7 Å². The topological polar surface area (TPSA) is 59.9 Å². The van der Waals surface area contributed by atoms with Crippen LogP contribution in [0.2, 0.25) is 0 Å². The van der Waals surface area contributed by atoms with Crippen LogP contribution in [-0.2, 0) is 14.4 Å². The lowest BCUT2D eigenvalue weighted by Crippen LogP contribution is -2.29. The molecule has 0 spiro atoms. The monoisotopic (exact) mass is 254 g/mol. The van der Waals surface area contributed by atoms with Crippen molar-refractivity contribution in [3.05, 3.63) is 0 Å². The summed E-state index contributed by atoms with van der Waals surface area (Å²) in [5.74, 6) is 1.57. The molecule has 1 atom stereocenters.